The van der Waals surface area contributed by atoms with Crippen molar-refractivity contribution in [2.75, 3.05) is 11.9 Å². The predicted octanol–water partition coefficient (Wildman–Crippen LogP) is 3.30. The van der Waals surface area contributed by atoms with E-state index in [4.69, 9.17) is 16.3 Å². The molecule has 0 amide bonds. The molecule has 2 heterocycles. The van der Waals surface area contributed by atoms with Gasteiger partial charge in [-0.1, -0.05) is 6.07 Å². The van der Waals surface area contributed by atoms with Crippen molar-refractivity contribution in [1.29, 1.82) is 0 Å². The Bertz CT molecular complexity index is 710. The fourth-order valence-corrected chi connectivity index (χ4v) is 2.37. The first-order valence-electron chi connectivity index (χ1n) is 6.44. The summed E-state index contributed by atoms with van der Waals surface area (Å²) >= 11 is 6.12. The molecule has 1 aromatic carbocycles. The van der Waals surface area contributed by atoms with Crippen molar-refractivity contribution in [2.45, 2.75) is 6.92 Å². The number of rotatable bonds is 1. The highest BCUT2D eigenvalue weighted by atomic mass is 35.5. The van der Waals surface area contributed by atoms with Crippen molar-refractivity contribution in [3.63, 3.8) is 0 Å². The molecule has 0 N–H and O–H groups in total. The van der Waals surface area contributed by atoms with Gasteiger partial charge < -0.3 is 9.64 Å². The maximum absolute atomic E-state index is 6.12. The summed E-state index contributed by atoms with van der Waals surface area (Å²) in [7, 11) is 3.91. The van der Waals surface area contributed by atoms with Crippen LogP contribution >= 0.6 is 11.6 Å². The van der Waals surface area contributed by atoms with E-state index in [2.05, 4.69) is 19.1 Å². The molecule has 0 radical (unpaired) electrons. The minimum absolute atomic E-state index is 0.688. The SMILES string of the molecule is Cc1ccc2c(c1)N(C)C(=Cc1cc[n+](C)c(Cl)c1)O2. The van der Waals surface area contributed by atoms with Crippen LogP contribution in [0.3, 0.4) is 0 Å². The fourth-order valence-electron chi connectivity index (χ4n) is 2.19. The summed E-state index contributed by atoms with van der Waals surface area (Å²) in [6.45, 7) is 2.08. The number of hydrogen-bond acceptors (Lipinski definition) is 2. The first-order chi connectivity index (χ1) is 9.54. The highest BCUT2D eigenvalue weighted by Gasteiger charge is 2.23. The topological polar surface area (TPSA) is 16.4 Å². The monoisotopic (exact) mass is 287 g/mol. The molecule has 102 valence electrons. The number of anilines is 1. The van der Waals surface area contributed by atoms with E-state index in [0.717, 1.165) is 22.9 Å². The molecule has 4 heteroatoms. The Hall–Kier alpha value is -2.00. The molecule has 0 fully saturated rings. The van der Waals surface area contributed by atoms with E-state index in [-0.39, 0.29) is 0 Å². The molecular formula is C16H16ClN2O+. The van der Waals surface area contributed by atoms with Crippen LogP contribution in [0.4, 0.5) is 5.69 Å². The van der Waals surface area contributed by atoms with Crippen LogP contribution in [-0.4, -0.2) is 7.05 Å². The standard InChI is InChI=1S/C16H16ClN2O/c1-11-4-5-14-13(8-11)19(3)16(20-14)10-12-6-7-18(2)15(17)9-12/h4-10H,1-3H3/q+1. The molecule has 0 aliphatic carbocycles. The van der Waals surface area contributed by atoms with Crippen LogP contribution in [0.2, 0.25) is 5.15 Å². The average molecular weight is 288 g/mol. The van der Waals surface area contributed by atoms with Crippen LogP contribution in [0.15, 0.2) is 42.4 Å². The lowest BCUT2D eigenvalue weighted by atomic mass is 10.2. The second-order valence-corrected chi connectivity index (χ2v) is 5.40. The summed E-state index contributed by atoms with van der Waals surface area (Å²) in [5.41, 5.74) is 3.32. The Morgan fingerprint density at radius 2 is 2.05 bits per heavy atom. The van der Waals surface area contributed by atoms with Gasteiger partial charge >= 0.3 is 0 Å². The first-order valence-corrected chi connectivity index (χ1v) is 6.81. The van der Waals surface area contributed by atoms with Gasteiger partial charge in [-0.15, -0.1) is 0 Å². The number of nitrogens with zero attached hydrogens (tertiary/aromatic N) is 2. The van der Waals surface area contributed by atoms with Crippen molar-refractivity contribution >= 4 is 23.4 Å². The molecule has 0 spiro atoms. The lowest BCUT2D eigenvalue weighted by molar-refractivity contribution is -0.669. The number of aromatic nitrogens is 1. The number of fused-ring (bicyclic) bond motifs is 1. The molecule has 20 heavy (non-hydrogen) atoms. The highest BCUT2D eigenvalue weighted by molar-refractivity contribution is 6.28. The number of aryl methyl sites for hydroxylation is 2. The predicted molar refractivity (Wildman–Crippen MR) is 80.8 cm³/mol. The summed E-state index contributed by atoms with van der Waals surface area (Å²) in [5, 5.41) is 0.688. The lowest BCUT2D eigenvalue weighted by Gasteiger charge is -2.11. The summed E-state index contributed by atoms with van der Waals surface area (Å²) in [5.74, 6) is 1.69. The molecule has 0 saturated heterocycles. The lowest BCUT2D eigenvalue weighted by Crippen LogP contribution is -2.28. The van der Waals surface area contributed by atoms with Crippen LogP contribution in [0.5, 0.6) is 5.75 Å². The van der Waals surface area contributed by atoms with E-state index >= 15 is 0 Å². The van der Waals surface area contributed by atoms with Gasteiger partial charge in [0.25, 0.3) is 5.15 Å². The third-order valence-electron chi connectivity index (χ3n) is 3.42. The summed E-state index contributed by atoms with van der Waals surface area (Å²) in [6, 6.07) is 10.1. The van der Waals surface area contributed by atoms with Gasteiger partial charge in [-0.2, -0.15) is 4.57 Å². The van der Waals surface area contributed by atoms with E-state index in [1.54, 1.807) is 0 Å². The number of pyridine rings is 1. The first kappa shape index (κ1) is 13.0. The van der Waals surface area contributed by atoms with Crippen LogP contribution in [0.25, 0.3) is 6.08 Å². The van der Waals surface area contributed by atoms with Crippen molar-refractivity contribution < 1.29 is 9.30 Å². The van der Waals surface area contributed by atoms with Crippen molar-refractivity contribution in [2.24, 2.45) is 7.05 Å². The Morgan fingerprint density at radius 3 is 2.80 bits per heavy atom. The van der Waals surface area contributed by atoms with E-state index in [1.807, 2.05) is 54.0 Å². The van der Waals surface area contributed by atoms with Crippen molar-refractivity contribution in [1.82, 2.24) is 0 Å². The zero-order valence-corrected chi connectivity index (χ0v) is 12.5. The molecular weight excluding hydrogens is 272 g/mol. The Kier molecular flexibility index (Phi) is 3.14. The Morgan fingerprint density at radius 1 is 1.25 bits per heavy atom. The van der Waals surface area contributed by atoms with Gasteiger partial charge in [-0.25, -0.2) is 0 Å². The van der Waals surface area contributed by atoms with Gasteiger partial charge in [-0.3, -0.25) is 0 Å². The second-order valence-electron chi connectivity index (χ2n) is 5.01. The molecule has 3 nitrogen and oxygen atoms in total. The molecule has 0 atom stereocenters. The normalized spacial score (nSPS) is 15.4. The maximum atomic E-state index is 6.12. The number of halogens is 1. The van der Waals surface area contributed by atoms with Crippen molar-refractivity contribution in [3.05, 3.63) is 58.7 Å². The Balaban J connectivity index is 1.96. The van der Waals surface area contributed by atoms with Gasteiger partial charge in [0.1, 0.15) is 7.05 Å². The smallest absolute Gasteiger partial charge is 0.275 e. The molecule has 3 rings (SSSR count). The van der Waals surface area contributed by atoms with Crippen LogP contribution in [0.1, 0.15) is 11.1 Å². The quantitative estimate of drug-likeness (QED) is 0.591. The fraction of sp³-hybridized carbons (Fsp3) is 0.188. The average Bonchev–Trinajstić information content (AvgIpc) is 2.71. The molecule has 0 saturated carbocycles. The molecule has 1 aliphatic heterocycles. The van der Waals surface area contributed by atoms with Gasteiger partial charge in [0.2, 0.25) is 5.88 Å². The van der Waals surface area contributed by atoms with Crippen LogP contribution < -0.4 is 14.2 Å². The molecule has 1 aromatic heterocycles. The zero-order chi connectivity index (χ0) is 14.3. The minimum atomic E-state index is 0.688. The summed E-state index contributed by atoms with van der Waals surface area (Å²) in [4.78, 5) is 2.04. The van der Waals surface area contributed by atoms with E-state index in [9.17, 15) is 0 Å². The highest BCUT2D eigenvalue weighted by Crippen LogP contribution is 2.38. The third kappa shape index (κ3) is 2.25. The van der Waals surface area contributed by atoms with Crippen LogP contribution in [-0.2, 0) is 7.05 Å². The van der Waals surface area contributed by atoms with Gasteiger partial charge in [0.15, 0.2) is 11.9 Å². The molecule has 1 aliphatic rings. The second kappa shape index (κ2) is 4.84. The molecule has 2 aromatic rings. The zero-order valence-electron chi connectivity index (χ0n) is 11.7. The number of hydrogen-bond donors (Lipinski definition) is 0. The third-order valence-corrected chi connectivity index (χ3v) is 3.80. The van der Waals surface area contributed by atoms with Gasteiger partial charge in [-0.05, 0) is 41.8 Å². The van der Waals surface area contributed by atoms with E-state index in [1.165, 1.54) is 5.56 Å². The van der Waals surface area contributed by atoms with E-state index in [0.29, 0.717) is 5.15 Å². The number of ether oxygens (including phenoxy) is 1. The van der Waals surface area contributed by atoms with Crippen molar-refractivity contribution in [3.8, 4) is 5.75 Å². The largest absolute Gasteiger partial charge is 0.439 e. The molecule has 0 bridgehead atoms. The van der Waals surface area contributed by atoms with Gasteiger partial charge in [0.05, 0.1) is 5.69 Å². The van der Waals surface area contributed by atoms with Gasteiger partial charge in [0, 0.05) is 25.3 Å². The maximum Gasteiger partial charge on any atom is 0.275 e. The molecule has 0 unspecified atom stereocenters. The minimum Gasteiger partial charge on any atom is -0.439 e. The van der Waals surface area contributed by atoms with Crippen LogP contribution in [0, 0.1) is 6.92 Å². The summed E-state index contributed by atoms with van der Waals surface area (Å²) in [6.07, 6.45) is 3.92. The Labute approximate surface area is 123 Å². The summed E-state index contributed by atoms with van der Waals surface area (Å²) < 4.78 is 7.75. The number of benzene rings is 1. The van der Waals surface area contributed by atoms with E-state index < -0.39 is 0 Å².